The van der Waals surface area contributed by atoms with Crippen molar-refractivity contribution < 1.29 is 19.5 Å². The molecule has 2 unspecified atom stereocenters. The predicted octanol–water partition coefficient (Wildman–Crippen LogP) is 1.28. The lowest BCUT2D eigenvalue weighted by atomic mass is 9.96. The van der Waals surface area contributed by atoms with Crippen molar-refractivity contribution in [2.45, 2.75) is 55.3 Å². The Morgan fingerprint density at radius 3 is 2.78 bits per heavy atom. The summed E-state index contributed by atoms with van der Waals surface area (Å²) in [5, 5.41) is 11.8. The number of aliphatic carboxylic acids is 1. The van der Waals surface area contributed by atoms with Gasteiger partial charge in [0.1, 0.15) is 17.5 Å². The maximum atomic E-state index is 12.3. The van der Waals surface area contributed by atoms with Crippen LogP contribution in [0.1, 0.15) is 33.1 Å². The fourth-order valence-electron chi connectivity index (χ4n) is 3.35. The highest BCUT2D eigenvalue weighted by molar-refractivity contribution is 8.01. The van der Waals surface area contributed by atoms with Crippen molar-refractivity contribution in [1.82, 2.24) is 10.2 Å². The van der Waals surface area contributed by atoms with Gasteiger partial charge in [-0.3, -0.25) is 9.59 Å². The van der Waals surface area contributed by atoms with Crippen LogP contribution < -0.4 is 5.32 Å². The van der Waals surface area contributed by atoms with Crippen LogP contribution in [0.4, 0.5) is 0 Å². The highest BCUT2D eigenvalue weighted by atomic mass is 32.2. The zero-order valence-corrected chi connectivity index (χ0v) is 13.9. The van der Waals surface area contributed by atoms with E-state index in [0.717, 1.165) is 18.4 Å². The number of β-lactam (4-membered cyclic amide) rings is 1. The van der Waals surface area contributed by atoms with E-state index in [1.165, 1.54) is 16.7 Å². The summed E-state index contributed by atoms with van der Waals surface area (Å²) in [6.07, 6.45) is 8.18. The fraction of sp³-hybridized carbons (Fsp3) is 0.562. The second-order valence-corrected chi connectivity index (χ2v) is 8.35. The predicted molar refractivity (Wildman–Crippen MR) is 86.7 cm³/mol. The second-order valence-electron chi connectivity index (χ2n) is 6.58. The van der Waals surface area contributed by atoms with Gasteiger partial charge in [0.05, 0.1) is 6.42 Å². The summed E-state index contributed by atoms with van der Waals surface area (Å²) in [6.45, 7) is 3.64. The number of nitrogens with one attached hydrogen (secondary N) is 1. The van der Waals surface area contributed by atoms with Crippen LogP contribution in [0.25, 0.3) is 0 Å². The molecule has 6 nitrogen and oxygen atoms in total. The number of carboxylic acids is 1. The Balaban J connectivity index is 1.64. The average Bonchev–Trinajstić information content (AvgIpc) is 2.74. The van der Waals surface area contributed by atoms with Gasteiger partial charge in [0, 0.05) is 4.75 Å². The molecule has 2 saturated heterocycles. The summed E-state index contributed by atoms with van der Waals surface area (Å²) < 4.78 is -0.569. The van der Waals surface area contributed by atoms with E-state index in [2.05, 4.69) is 5.32 Å². The zero-order chi connectivity index (χ0) is 16.8. The Kier molecular flexibility index (Phi) is 4.00. The van der Waals surface area contributed by atoms with E-state index >= 15 is 0 Å². The molecular formula is C16H20N2O4S. The Labute approximate surface area is 139 Å². The highest BCUT2D eigenvalue weighted by Crippen LogP contribution is 2.50. The molecule has 124 valence electrons. The Morgan fingerprint density at radius 2 is 2.17 bits per heavy atom. The minimum atomic E-state index is -0.999. The number of hydrogen-bond donors (Lipinski definition) is 2. The zero-order valence-electron chi connectivity index (χ0n) is 13.1. The largest absolute Gasteiger partial charge is 0.480 e. The van der Waals surface area contributed by atoms with Crippen LogP contribution in [0, 0.1) is 0 Å². The molecule has 2 heterocycles. The van der Waals surface area contributed by atoms with Gasteiger partial charge in [-0.05, 0) is 32.3 Å². The van der Waals surface area contributed by atoms with E-state index in [0.29, 0.717) is 0 Å². The van der Waals surface area contributed by atoms with Gasteiger partial charge < -0.3 is 15.3 Å². The number of rotatable bonds is 4. The van der Waals surface area contributed by atoms with Crippen LogP contribution in [0.15, 0.2) is 23.8 Å². The molecule has 0 aromatic carbocycles. The molecule has 2 amide bonds. The van der Waals surface area contributed by atoms with Crippen molar-refractivity contribution in [3.63, 3.8) is 0 Å². The number of carboxylic acid groups (broad SMARTS) is 1. The van der Waals surface area contributed by atoms with E-state index in [1.54, 1.807) is 0 Å². The molecule has 3 aliphatic rings. The fourth-order valence-corrected chi connectivity index (χ4v) is 4.98. The number of allylic oxidation sites excluding steroid dienone is 3. The molecule has 3 atom stereocenters. The van der Waals surface area contributed by atoms with E-state index in [1.807, 2.05) is 32.1 Å². The molecule has 0 spiro atoms. The van der Waals surface area contributed by atoms with Gasteiger partial charge in [-0.15, -0.1) is 11.8 Å². The molecule has 1 aliphatic carbocycles. The summed E-state index contributed by atoms with van der Waals surface area (Å²) in [5.41, 5.74) is 0.959. The molecule has 7 heteroatoms. The van der Waals surface area contributed by atoms with Crippen LogP contribution in [0.5, 0.6) is 0 Å². The van der Waals surface area contributed by atoms with E-state index in [4.69, 9.17) is 0 Å². The number of hydrogen-bond acceptors (Lipinski definition) is 4. The van der Waals surface area contributed by atoms with Crippen molar-refractivity contribution in [2.24, 2.45) is 0 Å². The first-order valence-electron chi connectivity index (χ1n) is 7.69. The lowest BCUT2D eigenvalue weighted by Gasteiger charge is -2.43. The Morgan fingerprint density at radius 1 is 1.43 bits per heavy atom. The second kappa shape index (κ2) is 5.70. The first-order chi connectivity index (χ1) is 10.8. The van der Waals surface area contributed by atoms with Crippen LogP contribution in [0.2, 0.25) is 0 Å². The van der Waals surface area contributed by atoms with Crippen molar-refractivity contribution in [2.75, 3.05) is 0 Å². The number of nitrogens with zero attached hydrogens (tertiary/aromatic N) is 1. The topological polar surface area (TPSA) is 86.7 Å². The third kappa shape index (κ3) is 2.78. The van der Waals surface area contributed by atoms with Gasteiger partial charge in [0.2, 0.25) is 11.8 Å². The first kappa shape index (κ1) is 16.1. The van der Waals surface area contributed by atoms with E-state index in [-0.39, 0.29) is 23.6 Å². The molecule has 2 fully saturated rings. The lowest BCUT2D eigenvalue weighted by molar-refractivity contribution is -0.161. The summed E-state index contributed by atoms with van der Waals surface area (Å²) >= 11 is 1.43. The Hall–Kier alpha value is -1.76. The summed E-state index contributed by atoms with van der Waals surface area (Å²) in [7, 11) is 0. The van der Waals surface area contributed by atoms with Gasteiger partial charge in [-0.2, -0.15) is 0 Å². The van der Waals surface area contributed by atoms with Crippen molar-refractivity contribution in [1.29, 1.82) is 0 Å². The van der Waals surface area contributed by atoms with Crippen molar-refractivity contribution >= 4 is 29.5 Å². The maximum Gasteiger partial charge on any atom is 0.327 e. The molecule has 0 saturated carbocycles. The molecule has 0 aromatic rings. The Bertz CT molecular complexity index is 626. The van der Waals surface area contributed by atoms with Gasteiger partial charge in [0.25, 0.3) is 0 Å². The minimum absolute atomic E-state index is 0.196. The number of carbonyl (C=O) groups is 3. The van der Waals surface area contributed by atoms with E-state index < -0.39 is 22.8 Å². The lowest BCUT2D eigenvalue weighted by Crippen LogP contribution is -2.70. The number of amides is 2. The van der Waals surface area contributed by atoms with Crippen LogP contribution in [0.3, 0.4) is 0 Å². The van der Waals surface area contributed by atoms with Crippen LogP contribution in [-0.2, 0) is 14.4 Å². The molecular weight excluding hydrogens is 316 g/mol. The molecule has 23 heavy (non-hydrogen) atoms. The normalized spacial score (nSPS) is 31.2. The van der Waals surface area contributed by atoms with Crippen LogP contribution >= 0.6 is 11.8 Å². The minimum Gasteiger partial charge on any atom is -0.480 e. The highest BCUT2D eigenvalue weighted by Gasteiger charge is 2.64. The molecule has 3 rings (SSSR count). The quantitative estimate of drug-likeness (QED) is 0.755. The maximum absolute atomic E-state index is 12.3. The SMILES string of the molecule is CC1(C)SC2C(NC(=O)CC3=CCCC=C3)C(=O)N2[C@@H]1C(=O)O. The third-order valence-electron chi connectivity index (χ3n) is 4.43. The first-order valence-corrected chi connectivity index (χ1v) is 8.57. The molecule has 0 radical (unpaired) electrons. The monoisotopic (exact) mass is 336 g/mol. The van der Waals surface area contributed by atoms with Crippen molar-refractivity contribution in [3.05, 3.63) is 23.8 Å². The van der Waals surface area contributed by atoms with Gasteiger partial charge in [-0.1, -0.05) is 18.2 Å². The smallest absolute Gasteiger partial charge is 0.327 e. The molecule has 0 aromatic heterocycles. The van der Waals surface area contributed by atoms with Gasteiger partial charge in [-0.25, -0.2) is 4.79 Å². The third-order valence-corrected chi connectivity index (χ3v) is 6.00. The van der Waals surface area contributed by atoms with Crippen LogP contribution in [-0.4, -0.2) is 50.0 Å². The molecule has 0 bridgehead atoms. The number of thioether (sulfide) groups is 1. The summed E-state index contributed by atoms with van der Waals surface area (Å²) in [4.78, 5) is 37.2. The summed E-state index contributed by atoms with van der Waals surface area (Å²) in [6, 6.07) is -1.47. The average molecular weight is 336 g/mol. The standard InChI is InChI=1S/C16H20N2O4S/c1-16(2)12(15(21)22)18-13(20)11(14(18)23-16)17-10(19)8-9-6-4-3-5-7-9/h4,6-7,11-12,14H,3,5,8H2,1-2H3,(H,17,19)(H,21,22)/t11?,12-,14?/m1/s1. The van der Waals surface area contributed by atoms with Gasteiger partial charge in [0.15, 0.2) is 0 Å². The van der Waals surface area contributed by atoms with Gasteiger partial charge >= 0.3 is 5.97 Å². The summed E-state index contributed by atoms with van der Waals surface area (Å²) in [5.74, 6) is -1.50. The number of carbonyl (C=O) groups excluding carboxylic acids is 2. The van der Waals surface area contributed by atoms with E-state index in [9.17, 15) is 19.5 Å². The number of fused-ring (bicyclic) bond motifs is 1. The van der Waals surface area contributed by atoms with Crippen molar-refractivity contribution in [3.8, 4) is 0 Å². The molecule has 2 aliphatic heterocycles. The molecule has 2 N–H and O–H groups in total.